The van der Waals surface area contributed by atoms with Crippen LogP contribution in [0.5, 0.6) is 0 Å². The summed E-state index contributed by atoms with van der Waals surface area (Å²) in [5.41, 5.74) is 1.93. The maximum atomic E-state index is 12.8. The third-order valence-corrected chi connectivity index (χ3v) is 12.7. The fourth-order valence-corrected chi connectivity index (χ4v) is 10.6. The number of carboxylic acid groups (broad SMARTS) is 1. The molecule has 0 bridgehead atoms. The molecule has 0 saturated heterocycles. The highest BCUT2D eigenvalue weighted by Gasteiger charge is 2.82. The molecule has 8 atom stereocenters. The van der Waals surface area contributed by atoms with Gasteiger partial charge in [0.2, 0.25) is 0 Å². The second kappa shape index (κ2) is 7.08. The lowest BCUT2D eigenvalue weighted by Crippen LogP contribution is -2.57. The molecule has 5 saturated carbocycles. The summed E-state index contributed by atoms with van der Waals surface area (Å²) in [6, 6.07) is 0. The Morgan fingerprint density at radius 1 is 0.970 bits per heavy atom. The van der Waals surface area contributed by atoms with E-state index in [2.05, 4.69) is 40.7 Å². The Kier molecular flexibility index (Phi) is 5.01. The summed E-state index contributed by atoms with van der Waals surface area (Å²) in [4.78, 5) is 23.9. The number of carbonyl (C=O) groups excluding carboxylic acids is 1. The number of ketones is 1. The fourth-order valence-electron chi connectivity index (χ4n) is 10.6. The first-order chi connectivity index (χ1) is 15.4. The Hall–Kier alpha value is -1.38. The lowest BCUT2D eigenvalue weighted by atomic mass is 9.42. The van der Waals surface area contributed by atoms with E-state index in [1.807, 2.05) is 6.08 Å². The summed E-state index contributed by atoms with van der Waals surface area (Å²) in [6.45, 7) is 13.7. The minimum Gasteiger partial charge on any atom is -0.478 e. The van der Waals surface area contributed by atoms with Crippen LogP contribution in [0.15, 0.2) is 23.8 Å². The monoisotopic (exact) mass is 452 g/mol. The van der Waals surface area contributed by atoms with Crippen LogP contribution >= 0.6 is 0 Å². The molecular formula is C30H44O3. The Morgan fingerprint density at radius 2 is 1.64 bits per heavy atom. The van der Waals surface area contributed by atoms with Gasteiger partial charge in [0.25, 0.3) is 0 Å². The van der Waals surface area contributed by atoms with Crippen LogP contribution in [0.3, 0.4) is 0 Å². The van der Waals surface area contributed by atoms with Crippen LogP contribution in [-0.2, 0) is 9.59 Å². The van der Waals surface area contributed by atoms with Gasteiger partial charge in [-0.1, -0.05) is 52.8 Å². The van der Waals surface area contributed by atoms with Crippen molar-refractivity contribution in [2.75, 3.05) is 0 Å². The van der Waals surface area contributed by atoms with E-state index in [-0.39, 0.29) is 5.41 Å². The van der Waals surface area contributed by atoms with Crippen molar-refractivity contribution in [2.24, 2.45) is 50.7 Å². The van der Waals surface area contributed by atoms with E-state index in [0.29, 0.717) is 50.8 Å². The smallest absolute Gasteiger partial charge is 0.331 e. The fraction of sp³-hybridized carbons (Fsp3) is 0.800. The van der Waals surface area contributed by atoms with Gasteiger partial charge >= 0.3 is 5.97 Å². The highest BCUT2D eigenvalue weighted by atomic mass is 16.4. The highest BCUT2D eigenvalue weighted by Crippen LogP contribution is 2.88. The molecule has 2 spiro atoms. The summed E-state index contributed by atoms with van der Waals surface area (Å²) < 4.78 is 0. The van der Waals surface area contributed by atoms with Crippen molar-refractivity contribution in [3.63, 3.8) is 0 Å². The largest absolute Gasteiger partial charge is 0.478 e. The van der Waals surface area contributed by atoms with Crippen molar-refractivity contribution >= 4 is 11.8 Å². The molecule has 5 aliphatic rings. The van der Waals surface area contributed by atoms with Crippen molar-refractivity contribution < 1.29 is 14.7 Å². The molecule has 0 aromatic carbocycles. The van der Waals surface area contributed by atoms with Crippen LogP contribution in [0.1, 0.15) is 99.3 Å². The van der Waals surface area contributed by atoms with E-state index in [1.165, 1.54) is 44.9 Å². The number of hydrogen-bond donors (Lipinski definition) is 1. The molecule has 182 valence electrons. The molecule has 0 heterocycles. The Morgan fingerprint density at radius 3 is 2.33 bits per heavy atom. The minimum absolute atomic E-state index is 0.131. The molecule has 0 aliphatic heterocycles. The summed E-state index contributed by atoms with van der Waals surface area (Å²) in [5, 5.41) is 9.13. The zero-order chi connectivity index (χ0) is 24.0. The molecule has 0 aromatic heterocycles. The van der Waals surface area contributed by atoms with Crippen LogP contribution in [0.2, 0.25) is 0 Å². The molecular weight excluding hydrogens is 408 g/mol. The number of carboxylic acids is 1. The molecule has 1 N–H and O–H groups in total. The van der Waals surface area contributed by atoms with E-state index in [9.17, 15) is 9.59 Å². The average molecular weight is 453 g/mol. The standard InChI is InChI=1S/C30H44O3/c1-19(8-7-9-20(2)25(32)33)21-12-14-28(6)23-11-10-22-26(3,4)24(31)13-15-29(22)18-30(23,29)17-16-27(21,28)5/h7-9,19,21-23H,10-18H2,1-6H3,(H,32,33)/b8-7+,20-9-/t19-,21-,22+,23+,27-,28+,29-,30+/m1/s1. The van der Waals surface area contributed by atoms with Crippen molar-refractivity contribution in [1.82, 2.24) is 0 Å². The maximum absolute atomic E-state index is 12.8. The molecule has 0 unspecified atom stereocenters. The van der Waals surface area contributed by atoms with Crippen molar-refractivity contribution in [3.8, 4) is 0 Å². The van der Waals surface area contributed by atoms with Crippen LogP contribution in [0.4, 0.5) is 0 Å². The van der Waals surface area contributed by atoms with Gasteiger partial charge in [-0.3, -0.25) is 4.79 Å². The molecule has 33 heavy (non-hydrogen) atoms. The van der Waals surface area contributed by atoms with E-state index < -0.39 is 5.97 Å². The van der Waals surface area contributed by atoms with Crippen molar-refractivity contribution in [2.45, 2.75) is 99.3 Å². The van der Waals surface area contributed by atoms with E-state index in [1.54, 1.807) is 13.0 Å². The number of hydrogen-bond acceptors (Lipinski definition) is 2. The van der Waals surface area contributed by atoms with Gasteiger partial charge in [-0.25, -0.2) is 4.79 Å². The van der Waals surface area contributed by atoms with E-state index >= 15 is 0 Å². The van der Waals surface area contributed by atoms with E-state index in [0.717, 1.165) is 18.8 Å². The summed E-state index contributed by atoms with van der Waals surface area (Å²) in [6.07, 6.45) is 17.2. The summed E-state index contributed by atoms with van der Waals surface area (Å²) >= 11 is 0. The topological polar surface area (TPSA) is 54.4 Å². The minimum atomic E-state index is -0.841. The van der Waals surface area contributed by atoms with Crippen molar-refractivity contribution in [3.05, 3.63) is 23.8 Å². The molecule has 0 radical (unpaired) electrons. The number of Topliss-reactive ketones (excluding diaryl/α,β-unsaturated/α-hetero) is 1. The second-order valence-corrected chi connectivity index (χ2v) is 13.7. The number of rotatable bonds is 4. The third-order valence-electron chi connectivity index (χ3n) is 12.7. The van der Waals surface area contributed by atoms with Crippen LogP contribution in [0.25, 0.3) is 0 Å². The average Bonchev–Trinajstić information content (AvgIpc) is 3.33. The van der Waals surface area contributed by atoms with Gasteiger partial charge in [-0.15, -0.1) is 0 Å². The molecule has 5 aliphatic carbocycles. The van der Waals surface area contributed by atoms with Gasteiger partial charge in [0.05, 0.1) is 0 Å². The van der Waals surface area contributed by atoms with Gasteiger partial charge < -0.3 is 5.11 Å². The summed E-state index contributed by atoms with van der Waals surface area (Å²) in [5.74, 6) is 2.19. The van der Waals surface area contributed by atoms with Crippen LogP contribution in [-0.4, -0.2) is 16.9 Å². The lowest BCUT2D eigenvalue weighted by Gasteiger charge is -2.62. The lowest BCUT2D eigenvalue weighted by molar-refractivity contribution is -0.156. The molecule has 5 rings (SSSR count). The van der Waals surface area contributed by atoms with Crippen molar-refractivity contribution in [1.29, 1.82) is 0 Å². The maximum Gasteiger partial charge on any atom is 0.331 e. The SMILES string of the molecule is C/C(=C/C=C/[C@@H](C)[C@H]1CC[C@@]2(C)[C@@H]3CC[C@H]4C(C)(C)C(=O)CC[C@@]45C[C@@]35CC[C@]12C)C(=O)O. The molecule has 3 heteroatoms. The number of carbonyl (C=O) groups is 2. The zero-order valence-electron chi connectivity index (χ0n) is 21.7. The van der Waals surface area contributed by atoms with Crippen LogP contribution in [0, 0.1) is 50.7 Å². The van der Waals surface area contributed by atoms with Gasteiger partial charge in [0.15, 0.2) is 0 Å². The Labute approximate surface area is 200 Å². The molecule has 3 nitrogen and oxygen atoms in total. The van der Waals surface area contributed by atoms with E-state index in [4.69, 9.17) is 5.11 Å². The van der Waals surface area contributed by atoms with Gasteiger partial charge in [-0.2, -0.15) is 0 Å². The first kappa shape index (κ1) is 23.4. The second-order valence-electron chi connectivity index (χ2n) is 13.7. The predicted octanol–water partition coefficient (Wildman–Crippen LogP) is 7.22. The Bertz CT molecular complexity index is 942. The third kappa shape index (κ3) is 2.80. The van der Waals surface area contributed by atoms with Crippen LogP contribution < -0.4 is 0 Å². The molecule has 0 amide bonds. The number of fused-ring (bicyclic) bond motifs is 2. The number of aliphatic carboxylic acids is 1. The van der Waals surface area contributed by atoms with Gasteiger partial charge in [0, 0.05) is 17.4 Å². The zero-order valence-corrected chi connectivity index (χ0v) is 21.7. The quantitative estimate of drug-likeness (QED) is 0.362. The number of allylic oxidation sites excluding steroid dienone is 3. The predicted molar refractivity (Wildman–Crippen MR) is 132 cm³/mol. The van der Waals surface area contributed by atoms with Gasteiger partial charge in [-0.05, 0) is 104 Å². The molecule has 0 aromatic rings. The first-order valence-corrected chi connectivity index (χ1v) is 13.5. The Balaban J connectivity index is 1.41. The first-order valence-electron chi connectivity index (χ1n) is 13.5. The summed E-state index contributed by atoms with van der Waals surface area (Å²) in [7, 11) is 0. The highest BCUT2D eigenvalue weighted by molar-refractivity contribution is 5.86. The normalized spacial score (nSPS) is 49.1. The molecule has 5 fully saturated rings. The van der Waals surface area contributed by atoms with Gasteiger partial charge in [0.1, 0.15) is 5.78 Å².